The van der Waals surface area contributed by atoms with Gasteiger partial charge in [0.05, 0.1) is 17.1 Å². The van der Waals surface area contributed by atoms with Crippen LogP contribution in [0.4, 0.5) is 10.7 Å². The van der Waals surface area contributed by atoms with Crippen LogP contribution in [0.5, 0.6) is 0 Å². The molecule has 1 heterocycles. The summed E-state index contributed by atoms with van der Waals surface area (Å²) in [6.45, 7) is 3.83. The zero-order valence-electron chi connectivity index (χ0n) is 13.2. The third-order valence-corrected chi connectivity index (χ3v) is 4.39. The van der Waals surface area contributed by atoms with Gasteiger partial charge in [-0.3, -0.25) is 14.9 Å². The first-order valence-electron chi connectivity index (χ1n) is 7.32. The Bertz CT molecular complexity index is 785. The van der Waals surface area contributed by atoms with E-state index in [9.17, 15) is 19.7 Å². The minimum atomic E-state index is -0.641. The number of amides is 1. The molecule has 2 aromatic rings. The van der Waals surface area contributed by atoms with Crippen LogP contribution < -0.4 is 5.32 Å². The molecule has 8 heteroatoms. The maximum atomic E-state index is 12.4. The van der Waals surface area contributed by atoms with Crippen molar-refractivity contribution in [1.29, 1.82) is 0 Å². The molecule has 1 aromatic heterocycles. The maximum absolute atomic E-state index is 12.4. The summed E-state index contributed by atoms with van der Waals surface area (Å²) in [5.41, 5.74) is -0.102. The molecule has 0 atom stereocenters. The van der Waals surface area contributed by atoms with Gasteiger partial charge in [0.2, 0.25) is 0 Å². The topological polar surface area (TPSA) is 98.5 Å². The van der Waals surface area contributed by atoms with Gasteiger partial charge in [-0.15, -0.1) is 11.3 Å². The Kier molecular flexibility index (Phi) is 5.64. The fourth-order valence-electron chi connectivity index (χ4n) is 2.06. The third kappa shape index (κ3) is 3.77. The number of nitrogens with zero attached hydrogens (tertiary/aromatic N) is 1. The Balaban J connectivity index is 2.34. The monoisotopic (exact) mass is 348 g/mol. The van der Waals surface area contributed by atoms with E-state index in [-0.39, 0.29) is 23.4 Å². The Morgan fingerprint density at radius 1 is 1.25 bits per heavy atom. The molecule has 0 saturated heterocycles. The second-order valence-corrected chi connectivity index (χ2v) is 5.89. The van der Waals surface area contributed by atoms with Crippen molar-refractivity contribution in [2.24, 2.45) is 0 Å². The molecule has 0 fully saturated rings. The molecule has 0 saturated carbocycles. The van der Waals surface area contributed by atoms with Crippen molar-refractivity contribution in [2.45, 2.75) is 20.3 Å². The standard InChI is InChI=1S/C16H16N2O5S/c1-3-10-9-12(16(20)23-4-2)15(24-10)17-14(19)11-7-5-6-8-13(11)18(21)22/h5-9H,3-4H2,1-2H3,(H,17,19). The Morgan fingerprint density at radius 3 is 2.58 bits per heavy atom. The van der Waals surface area contributed by atoms with Gasteiger partial charge in [0.1, 0.15) is 10.6 Å². The fourth-order valence-corrected chi connectivity index (χ4v) is 3.04. The number of esters is 1. The van der Waals surface area contributed by atoms with E-state index >= 15 is 0 Å². The van der Waals surface area contributed by atoms with Gasteiger partial charge in [-0.1, -0.05) is 19.1 Å². The molecule has 7 nitrogen and oxygen atoms in total. The molecule has 24 heavy (non-hydrogen) atoms. The molecule has 0 aliphatic heterocycles. The normalized spacial score (nSPS) is 10.2. The number of anilines is 1. The van der Waals surface area contributed by atoms with E-state index in [1.54, 1.807) is 19.1 Å². The van der Waals surface area contributed by atoms with Crippen LogP contribution in [0.2, 0.25) is 0 Å². The molecule has 1 aromatic carbocycles. The number of ether oxygens (including phenoxy) is 1. The molecular formula is C16H16N2O5S. The number of benzene rings is 1. The number of carbonyl (C=O) groups excluding carboxylic acids is 2. The molecule has 0 unspecified atom stereocenters. The molecule has 0 aliphatic carbocycles. The SMILES string of the molecule is CCOC(=O)c1cc(CC)sc1NC(=O)c1ccccc1[N+](=O)[O-]. The van der Waals surface area contributed by atoms with Gasteiger partial charge in [0.25, 0.3) is 11.6 Å². The lowest BCUT2D eigenvalue weighted by Gasteiger charge is -2.06. The summed E-state index contributed by atoms with van der Waals surface area (Å²) in [5, 5.41) is 14.0. The Morgan fingerprint density at radius 2 is 1.96 bits per heavy atom. The molecule has 1 amide bonds. The van der Waals surface area contributed by atoms with Crippen LogP contribution in [-0.2, 0) is 11.2 Å². The summed E-state index contributed by atoms with van der Waals surface area (Å²) in [7, 11) is 0. The van der Waals surface area contributed by atoms with Gasteiger partial charge >= 0.3 is 5.97 Å². The molecule has 0 spiro atoms. The van der Waals surface area contributed by atoms with Gasteiger partial charge in [-0.2, -0.15) is 0 Å². The Hall–Kier alpha value is -2.74. The van der Waals surface area contributed by atoms with Gasteiger partial charge in [-0.25, -0.2) is 4.79 Å². The fraction of sp³-hybridized carbons (Fsp3) is 0.250. The molecular weight excluding hydrogens is 332 g/mol. The van der Waals surface area contributed by atoms with Crippen LogP contribution >= 0.6 is 11.3 Å². The van der Waals surface area contributed by atoms with Gasteiger partial charge in [-0.05, 0) is 25.5 Å². The highest BCUT2D eigenvalue weighted by atomic mass is 32.1. The van der Waals surface area contributed by atoms with Crippen LogP contribution in [0.25, 0.3) is 0 Å². The number of carbonyl (C=O) groups is 2. The summed E-state index contributed by atoms with van der Waals surface area (Å²) >= 11 is 1.25. The van der Waals surface area contributed by atoms with Crippen molar-refractivity contribution < 1.29 is 19.2 Å². The van der Waals surface area contributed by atoms with E-state index in [1.807, 2.05) is 6.92 Å². The number of thiophene rings is 1. The summed E-state index contributed by atoms with van der Waals surface area (Å²) < 4.78 is 4.98. The van der Waals surface area contributed by atoms with E-state index in [0.717, 1.165) is 4.88 Å². The van der Waals surface area contributed by atoms with Gasteiger partial charge in [0, 0.05) is 10.9 Å². The molecule has 1 N–H and O–H groups in total. The van der Waals surface area contributed by atoms with Crippen molar-refractivity contribution in [3.05, 3.63) is 56.5 Å². The summed E-state index contributed by atoms with van der Waals surface area (Å²) in [6.07, 6.45) is 0.693. The van der Waals surface area contributed by atoms with Crippen molar-refractivity contribution in [3.8, 4) is 0 Å². The van der Waals surface area contributed by atoms with Crippen LogP contribution in [0.3, 0.4) is 0 Å². The molecule has 126 valence electrons. The first kappa shape index (κ1) is 17.6. The van der Waals surface area contributed by atoms with E-state index in [2.05, 4.69) is 5.32 Å². The predicted octanol–water partition coefficient (Wildman–Crippen LogP) is 3.65. The second kappa shape index (κ2) is 7.69. The Labute approximate surface area is 142 Å². The highest BCUT2D eigenvalue weighted by Gasteiger charge is 2.23. The average molecular weight is 348 g/mol. The first-order chi connectivity index (χ1) is 11.5. The highest BCUT2D eigenvalue weighted by molar-refractivity contribution is 7.16. The lowest BCUT2D eigenvalue weighted by molar-refractivity contribution is -0.385. The second-order valence-electron chi connectivity index (χ2n) is 4.76. The lowest BCUT2D eigenvalue weighted by atomic mass is 10.1. The largest absolute Gasteiger partial charge is 0.462 e. The summed E-state index contributed by atoms with van der Waals surface area (Å²) in [6, 6.07) is 7.32. The van der Waals surface area contributed by atoms with Crippen molar-refractivity contribution in [3.63, 3.8) is 0 Å². The first-order valence-corrected chi connectivity index (χ1v) is 8.14. The number of rotatable bonds is 6. The minimum Gasteiger partial charge on any atom is -0.462 e. The number of hydrogen-bond donors (Lipinski definition) is 1. The highest BCUT2D eigenvalue weighted by Crippen LogP contribution is 2.30. The molecule has 0 aliphatic rings. The smallest absolute Gasteiger partial charge is 0.341 e. The zero-order chi connectivity index (χ0) is 17.7. The lowest BCUT2D eigenvalue weighted by Crippen LogP contribution is -2.15. The number of nitrogens with one attached hydrogen (secondary N) is 1. The van der Waals surface area contributed by atoms with Gasteiger partial charge < -0.3 is 10.1 Å². The van der Waals surface area contributed by atoms with Crippen LogP contribution in [-0.4, -0.2) is 23.4 Å². The molecule has 0 bridgehead atoms. The van der Waals surface area contributed by atoms with Crippen LogP contribution in [0.1, 0.15) is 39.4 Å². The number of nitro benzene ring substituents is 1. The van der Waals surface area contributed by atoms with Crippen molar-refractivity contribution >= 4 is 33.9 Å². The van der Waals surface area contributed by atoms with Crippen LogP contribution in [0, 0.1) is 10.1 Å². The van der Waals surface area contributed by atoms with Gasteiger partial charge in [0.15, 0.2) is 0 Å². The molecule has 2 rings (SSSR count). The maximum Gasteiger partial charge on any atom is 0.341 e. The van der Waals surface area contributed by atoms with E-state index in [0.29, 0.717) is 11.4 Å². The van der Waals surface area contributed by atoms with E-state index < -0.39 is 16.8 Å². The van der Waals surface area contributed by atoms with E-state index in [4.69, 9.17) is 4.74 Å². The van der Waals surface area contributed by atoms with Crippen molar-refractivity contribution in [1.82, 2.24) is 0 Å². The third-order valence-electron chi connectivity index (χ3n) is 3.20. The number of hydrogen-bond acceptors (Lipinski definition) is 6. The predicted molar refractivity (Wildman–Crippen MR) is 90.7 cm³/mol. The van der Waals surface area contributed by atoms with Crippen molar-refractivity contribution in [2.75, 3.05) is 11.9 Å². The minimum absolute atomic E-state index is 0.0660. The summed E-state index contributed by atoms with van der Waals surface area (Å²) in [5.74, 6) is -1.18. The van der Waals surface area contributed by atoms with Crippen LogP contribution in [0.15, 0.2) is 30.3 Å². The average Bonchev–Trinajstić information content (AvgIpc) is 2.98. The quantitative estimate of drug-likeness (QED) is 0.488. The molecule has 0 radical (unpaired) electrons. The number of aryl methyl sites for hydroxylation is 1. The number of nitro groups is 1. The zero-order valence-corrected chi connectivity index (χ0v) is 14.0. The number of para-hydroxylation sites is 1. The summed E-state index contributed by atoms with van der Waals surface area (Å²) in [4.78, 5) is 35.7. The van der Waals surface area contributed by atoms with E-state index in [1.165, 1.54) is 29.5 Å².